The molecule has 78 valence electrons. The predicted molar refractivity (Wildman–Crippen MR) is 64.1 cm³/mol. The zero-order chi connectivity index (χ0) is 10.7. The molecule has 0 fully saturated rings. The Morgan fingerprint density at radius 3 is 2.87 bits per heavy atom. The summed E-state index contributed by atoms with van der Waals surface area (Å²) in [6.45, 7) is 4.18. The van der Waals surface area contributed by atoms with Gasteiger partial charge in [-0.3, -0.25) is 0 Å². The molecular formula is C11H13N3S. The van der Waals surface area contributed by atoms with E-state index in [2.05, 4.69) is 35.2 Å². The molecule has 0 aliphatic rings. The van der Waals surface area contributed by atoms with E-state index in [1.807, 2.05) is 17.5 Å². The first-order valence-electron chi connectivity index (χ1n) is 4.88. The lowest BCUT2D eigenvalue weighted by atomic mass is 10.3. The van der Waals surface area contributed by atoms with Crippen molar-refractivity contribution in [2.75, 3.05) is 5.32 Å². The van der Waals surface area contributed by atoms with Crippen LogP contribution < -0.4 is 5.32 Å². The summed E-state index contributed by atoms with van der Waals surface area (Å²) in [6.07, 6.45) is 1.60. The van der Waals surface area contributed by atoms with Crippen molar-refractivity contribution in [2.24, 2.45) is 0 Å². The van der Waals surface area contributed by atoms with E-state index in [1.54, 1.807) is 17.7 Å². The van der Waals surface area contributed by atoms with Crippen LogP contribution in [0.5, 0.6) is 0 Å². The Hall–Kier alpha value is -1.42. The molecular weight excluding hydrogens is 206 g/mol. The summed E-state index contributed by atoms with van der Waals surface area (Å²) in [5.74, 6) is 0.878. The van der Waals surface area contributed by atoms with Crippen LogP contribution in [0.3, 0.4) is 0 Å². The van der Waals surface area contributed by atoms with Crippen molar-refractivity contribution < 1.29 is 0 Å². The summed E-state index contributed by atoms with van der Waals surface area (Å²) >= 11 is 1.69. The predicted octanol–water partition coefficient (Wildman–Crippen LogP) is 3.03. The number of thiophene rings is 1. The number of hydrogen-bond donors (Lipinski definition) is 1. The number of anilines is 1. The molecule has 3 nitrogen and oxygen atoms in total. The minimum Gasteiger partial charge on any atom is -0.368 e. The van der Waals surface area contributed by atoms with Crippen LogP contribution in [0.4, 0.5) is 5.82 Å². The van der Waals surface area contributed by atoms with Gasteiger partial charge in [0.15, 0.2) is 0 Å². The lowest BCUT2D eigenvalue weighted by Crippen LogP contribution is -2.11. The monoisotopic (exact) mass is 219 g/mol. The van der Waals surface area contributed by atoms with Crippen LogP contribution in [-0.4, -0.2) is 16.0 Å². The van der Waals surface area contributed by atoms with Gasteiger partial charge >= 0.3 is 0 Å². The molecule has 15 heavy (non-hydrogen) atoms. The van der Waals surface area contributed by atoms with Gasteiger partial charge in [0, 0.05) is 12.1 Å². The summed E-state index contributed by atoms with van der Waals surface area (Å²) in [7, 11) is 0. The second-order valence-corrected chi connectivity index (χ2v) is 4.51. The van der Waals surface area contributed by atoms with Gasteiger partial charge in [-0.2, -0.15) is 0 Å². The first-order valence-corrected chi connectivity index (χ1v) is 5.76. The fourth-order valence-corrected chi connectivity index (χ4v) is 1.98. The van der Waals surface area contributed by atoms with Crippen LogP contribution in [0, 0.1) is 0 Å². The third-order valence-corrected chi connectivity index (χ3v) is 2.77. The maximum absolute atomic E-state index is 4.25. The molecule has 0 unspecified atom stereocenters. The summed E-state index contributed by atoms with van der Waals surface area (Å²) in [5, 5.41) is 5.31. The minimum atomic E-state index is 0.385. The van der Waals surface area contributed by atoms with Crippen LogP contribution in [-0.2, 0) is 0 Å². The van der Waals surface area contributed by atoms with E-state index in [4.69, 9.17) is 0 Å². The van der Waals surface area contributed by atoms with Gasteiger partial charge in [-0.05, 0) is 25.3 Å². The van der Waals surface area contributed by atoms with Gasteiger partial charge in [-0.25, -0.2) is 9.97 Å². The van der Waals surface area contributed by atoms with Crippen molar-refractivity contribution in [3.05, 3.63) is 29.9 Å². The summed E-state index contributed by atoms with van der Waals surface area (Å²) in [4.78, 5) is 9.59. The highest BCUT2D eigenvalue weighted by Gasteiger charge is 2.03. The highest BCUT2D eigenvalue weighted by atomic mass is 32.1. The van der Waals surface area contributed by atoms with Gasteiger partial charge in [-0.15, -0.1) is 11.3 Å². The zero-order valence-corrected chi connectivity index (χ0v) is 9.58. The molecule has 0 aliphatic carbocycles. The topological polar surface area (TPSA) is 37.8 Å². The lowest BCUT2D eigenvalue weighted by Gasteiger charge is -2.08. The highest BCUT2D eigenvalue weighted by Crippen LogP contribution is 2.23. The van der Waals surface area contributed by atoms with Gasteiger partial charge in [0.05, 0.1) is 10.6 Å². The molecule has 2 rings (SSSR count). The highest BCUT2D eigenvalue weighted by molar-refractivity contribution is 7.13. The van der Waals surface area contributed by atoms with E-state index in [-0.39, 0.29) is 0 Å². The van der Waals surface area contributed by atoms with Crippen LogP contribution in [0.15, 0.2) is 29.9 Å². The van der Waals surface area contributed by atoms with E-state index in [0.717, 1.165) is 11.5 Å². The van der Waals surface area contributed by atoms with E-state index in [9.17, 15) is 0 Å². The molecule has 0 aliphatic heterocycles. The molecule has 2 aromatic rings. The second-order valence-electron chi connectivity index (χ2n) is 3.56. The molecule has 0 radical (unpaired) electrons. The smallest absolute Gasteiger partial charge is 0.130 e. The Bertz CT molecular complexity index is 423. The Kier molecular flexibility index (Phi) is 2.97. The van der Waals surface area contributed by atoms with Crippen molar-refractivity contribution in [3.63, 3.8) is 0 Å². The van der Waals surface area contributed by atoms with Crippen molar-refractivity contribution in [1.29, 1.82) is 0 Å². The van der Waals surface area contributed by atoms with Gasteiger partial charge in [0.2, 0.25) is 0 Å². The van der Waals surface area contributed by atoms with E-state index >= 15 is 0 Å². The second kappa shape index (κ2) is 4.40. The minimum absolute atomic E-state index is 0.385. The number of rotatable bonds is 3. The zero-order valence-electron chi connectivity index (χ0n) is 8.77. The largest absolute Gasteiger partial charge is 0.368 e. The maximum Gasteiger partial charge on any atom is 0.130 e. The first kappa shape index (κ1) is 10.1. The van der Waals surface area contributed by atoms with E-state index < -0.39 is 0 Å². The molecule has 0 bridgehead atoms. The van der Waals surface area contributed by atoms with Gasteiger partial charge < -0.3 is 5.32 Å². The van der Waals surface area contributed by atoms with Gasteiger partial charge in [0.1, 0.15) is 12.1 Å². The fourth-order valence-electron chi connectivity index (χ4n) is 1.29. The SMILES string of the molecule is CC(C)Nc1cc(-c2cccs2)ncn1. The molecule has 0 amide bonds. The number of nitrogens with zero attached hydrogens (tertiary/aromatic N) is 2. The standard InChI is InChI=1S/C11H13N3S/c1-8(2)14-11-6-9(12-7-13-11)10-4-3-5-15-10/h3-8H,1-2H3,(H,12,13,14). The van der Waals surface area contributed by atoms with Crippen LogP contribution in [0.2, 0.25) is 0 Å². The lowest BCUT2D eigenvalue weighted by molar-refractivity contribution is 0.886. The average Bonchev–Trinajstić information content (AvgIpc) is 2.69. The number of aromatic nitrogens is 2. The molecule has 0 aromatic carbocycles. The molecule has 0 atom stereocenters. The molecule has 1 N–H and O–H groups in total. The molecule has 2 aromatic heterocycles. The number of nitrogens with one attached hydrogen (secondary N) is 1. The molecule has 0 saturated carbocycles. The molecule has 0 saturated heterocycles. The van der Waals surface area contributed by atoms with E-state index in [1.165, 1.54) is 4.88 Å². The third kappa shape index (κ3) is 2.53. The molecule has 4 heteroatoms. The van der Waals surface area contributed by atoms with Gasteiger partial charge in [-0.1, -0.05) is 6.07 Å². The quantitative estimate of drug-likeness (QED) is 0.862. The summed E-state index contributed by atoms with van der Waals surface area (Å²) < 4.78 is 0. The Morgan fingerprint density at radius 1 is 1.33 bits per heavy atom. The normalized spacial score (nSPS) is 10.6. The van der Waals surface area contributed by atoms with Crippen molar-refractivity contribution >= 4 is 17.2 Å². The molecule has 2 heterocycles. The molecule has 0 spiro atoms. The van der Waals surface area contributed by atoms with Gasteiger partial charge in [0.25, 0.3) is 0 Å². The summed E-state index contributed by atoms with van der Waals surface area (Å²) in [6, 6.07) is 6.45. The van der Waals surface area contributed by atoms with Crippen molar-refractivity contribution in [2.45, 2.75) is 19.9 Å². The number of hydrogen-bond acceptors (Lipinski definition) is 4. The first-order chi connectivity index (χ1) is 7.25. The van der Waals surface area contributed by atoms with Crippen LogP contribution in [0.1, 0.15) is 13.8 Å². The summed E-state index contributed by atoms with van der Waals surface area (Å²) in [5.41, 5.74) is 0.975. The van der Waals surface area contributed by atoms with Crippen molar-refractivity contribution in [1.82, 2.24) is 9.97 Å². The maximum atomic E-state index is 4.25. The fraction of sp³-hybridized carbons (Fsp3) is 0.273. The Morgan fingerprint density at radius 2 is 2.20 bits per heavy atom. The van der Waals surface area contributed by atoms with Crippen molar-refractivity contribution in [3.8, 4) is 10.6 Å². The Labute approximate surface area is 93.2 Å². The van der Waals surface area contributed by atoms with Crippen LogP contribution >= 0.6 is 11.3 Å². The van der Waals surface area contributed by atoms with Crippen LogP contribution in [0.25, 0.3) is 10.6 Å². The third-order valence-electron chi connectivity index (χ3n) is 1.88. The Balaban J connectivity index is 2.27. The van der Waals surface area contributed by atoms with E-state index in [0.29, 0.717) is 6.04 Å². The average molecular weight is 219 g/mol.